The number of halogens is 1. The van der Waals surface area contributed by atoms with Crippen molar-refractivity contribution < 1.29 is 17.6 Å². The number of anilines is 1. The summed E-state index contributed by atoms with van der Waals surface area (Å²) in [5.74, 6) is -0.231. The molecule has 2 aliphatic carbocycles. The predicted molar refractivity (Wildman–Crippen MR) is 114 cm³/mol. The van der Waals surface area contributed by atoms with E-state index in [1.807, 2.05) is 0 Å². The van der Waals surface area contributed by atoms with Gasteiger partial charge >= 0.3 is 6.01 Å². The number of carbonyl (C=O) groups is 1. The van der Waals surface area contributed by atoms with E-state index in [1.165, 1.54) is 24.3 Å². The number of benzene rings is 2. The molecule has 2 aromatic carbocycles. The lowest BCUT2D eigenvalue weighted by molar-refractivity contribution is 0.102. The summed E-state index contributed by atoms with van der Waals surface area (Å²) >= 11 is 5.87. The SMILES string of the molecule is O=C(Nc1nnc(-c2ccc(Cl)cc2)o1)c1ccc(S(=O)(=O)N(C2CC2)C2CC2)cc1. The number of sulfonamides is 1. The third kappa shape index (κ3) is 4.21. The highest BCUT2D eigenvalue weighted by molar-refractivity contribution is 7.89. The molecule has 0 atom stereocenters. The Balaban J connectivity index is 1.29. The van der Waals surface area contributed by atoms with Crippen LogP contribution in [0.25, 0.3) is 11.5 Å². The highest BCUT2D eigenvalue weighted by atomic mass is 35.5. The topological polar surface area (TPSA) is 105 Å². The fourth-order valence-electron chi connectivity index (χ4n) is 3.40. The summed E-state index contributed by atoms with van der Waals surface area (Å²) < 4.78 is 33.1. The summed E-state index contributed by atoms with van der Waals surface area (Å²) in [5.41, 5.74) is 0.956. The first kappa shape index (κ1) is 20.2. The second-order valence-electron chi connectivity index (χ2n) is 7.70. The van der Waals surface area contributed by atoms with Gasteiger partial charge in [-0.25, -0.2) is 8.42 Å². The molecule has 1 aromatic heterocycles. The highest BCUT2D eigenvalue weighted by Gasteiger charge is 2.46. The van der Waals surface area contributed by atoms with Crippen molar-refractivity contribution in [1.82, 2.24) is 14.5 Å². The smallest absolute Gasteiger partial charge is 0.322 e. The van der Waals surface area contributed by atoms with Gasteiger partial charge in [-0.05, 0) is 74.2 Å². The van der Waals surface area contributed by atoms with Crippen LogP contribution >= 0.6 is 11.6 Å². The first-order chi connectivity index (χ1) is 14.9. The Morgan fingerprint density at radius 1 is 0.968 bits per heavy atom. The van der Waals surface area contributed by atoms with Gasteiger partial charge in [0.25, 0.3) is 5.91 Å². The van der Waals surface area contributed by atoms with Gasteiger partial charge in [0.15, 0.2) is 0 Å². The van der Waals surface area contributed by atoms with Gasteiger partial charge in [0.1, 0.15) is 0 Å². The molecule has 1 amide bonds. The second-order valence-corrected chi connectivity index (χ2v) is 9.97. The molecule has 1 N–H and O–H groups in total. The van der Waals surface area contributed by atoms with Crippen molar-refractivity contribution >= 4 is 33.5 Å². The summed E-state index contributed by atoms with van der Waals surface area (Å²) in [6.07, 6.45) is 3.66. The van der Waals surface area contributed by atoms with Crippen LogP contribution in [0.3, 0.4) is 0 Å². The van der Waals surface area contributed by atoms with E-state index in [0.717, 1.165) is 25.7 Å². The van der Waals surface area contributed by atoms with Crippen LogP contribution in [0.1, 0.15) is 36.0 Å². The van der Waals surface area contributed by atoms with Crippen molar-refractivity contribution in [3.8, 4) is 11.5 Å². The van der Waals surface area contributed by atoms with Gasteiger partial charge in [0.2, 0.25) is 15.9 Å². The molecule has 8 nitrogen and oxygen atoms in total. The third-order valence-corrected chi connectivity index (χ3v) is 7.51. The standard InChI is InChI=1S/C21H19ClN4O4S/c22-15-5-1-14(2-6-15)20-24-25-21(30-20)23-19(27)13-3-11-18(12-4-13)31(28,29)26(16-7-8-16)17-9-10-17/h1-6,11-12,16-17H,7-10H2,(H,23,25,27). The van der Waals surface area contributed by atoms with Crippen LogP contribution in [0.15, 0.2) is 57.8 Å². The van der Waals surface area contributed by atoms with E-state index in [4.69, 9.17) is 16.0 Å². The monoisotopic (exact) mass is 458 g/mol. The van der Waals surface area contributed by atoms with E-state index in [0.29, 0.717) is 10.6 Å². The number of nitrogens with one attached hydrogen (secondary N) is 1. The minimum absolute atomic E-state index is 0.0553. The Morgan fingerprint density at radius 3 is 2.16 bits per heavy atom. The van der Waals surface area contributed by atoms with Crippen molar-refractivity contribution in [2.75, 3.05) is 5.32 Å². The van der Waals surface area contributed by atoms with E-state index in [-0.39, 0.29) is 34.4 Å². The summed E-state index contributed by atoms with van der Waals surface area (Å²) in [6.45, 7) is 0. The zero-order valence-electron chi connectivity index (χ0n) is 16.4. The van der Waals surface area contributed by atoms with Crippen LogP contribution in [0.5, 0.6) is 0 Å². The first-order valence-electron chi connectivity index (χ1n) is 9.96. The van der Waals surface area contributed by atoms with E-state index in [1.54, 1.807) is 28.6 Å². The van der Waals surface area contributed by atoms with E-state index >= 15 is 0 Å². The fraction of sp³-hybridized carbons (Fsp3) is 0.286. The van der Waals surface area contributed by atoms with Crippen LogP contribution in [-0.2, 0) is 10.0 Å². The Hall–Kier alpha value is -2.75. The fourth-order valence-corrected chi connectivity index (χ4v) is 5.46. The zero-order valence-corrected chi connectivity index (χ0v) is 17.9. The van der Waals surface area contributed by atoms with Crippen molar-refractivity contribution in [2.24, 2.45) is 0 Å². The minimum Gasteiger partial charge on any atom is -0.403 e. The zero-order chi connectivity index (χ0) is 21.6. The number of aromatic nitrogens is 2. The normalized spacial score (nSPS) is 16.5. The molecule has 10 heteroatoms. The molecule has 0 saturated heterocycles. The lowest BCUT2D eigenvalue weighted by Gasteiger charge is -2.21. The Bertz CT molecular complexity index is 1210. The van der Waals surface area contributed by atoms with Crippen molar-refractivity contribution in [2.45, 2.75) is 42.7 Å². The molecule has 1 heterocycles. The van der Waals surface area contributed by atoms with E-state index in [2.05, 4.69) is 15.5 Å². The number of rotatable bonds is 7. The highest BCUT2D eigenvalue weighted by Crippen LogP contribution is 2.41. The van der Waals surface area contributed by atoms with Crippen LogP contribution in [0, 0.1) is 0 Å². The summed E-state index contributed by atoms with van der Waals surface area (Å²) in [6, 6.07) is 12.9. The van der Waals surface area contributed by atoms with Gasteiger partial charge in [-0.1, -0.05) is 16.7 Å². The lowest BCUT2D eigenvalue weighted by Crippen LogP contribution is -2.35. The molecule has 0 radical (unpaired) electrons. The molecule has 5 rings (SSSR count). The lowest BCUT2D eigenvalue weighted by atomic mass is 10.2. The molecule has 31 heavy (non-hydrogen) atoms. The largest absolute Gasteiger partial charge is 0.403 e. The quantitative estimate of drug-likeness (QED) is 0.574. The number of amides is 1. The maximum absolute atomic E-state index is 13.0. The van der Waals surface area contributed by atoms with Gasteiger partial charge in [-0.15, -0.1) is 5.10 Å². The molecule has 0 bridgehead atoms. The number of carbonyl (C=O) groups excluding carboxylic acids is 1. The van der Waals surface area contributed by atoms with Gasteiger partial charge in [0, 0.05) is 28.2 Å². The molecule has 2 saturated carbocycles. The number of hydrogen-bond donors (Lipinski definition) is 1. The summed E-state index contributed by atoms with van der Waals surface area (Å²) in [7, 11) is -3.55. The number of hydrogen-bond acceptors (Lipinski definition) is 6. The van der Waals surface area contributed by atoms with Crippen molar-refractivity contribution in [1.29, 1.82) is 0 Å². The summed E-state index contributed by atoms with van der Waals surface area (Å²) in [4.78, 5) is 12.7. The molecule has 2 fully saturated rings. The Labute approximate surface area is 184 Å². The molecule has 0 spiro atoms. The maximum atomic E-state index is 13.0. The summed E-state index contributed by atoms with van der Waals surface area (Å²) in [5, 5.41) is 10.9. The van der Waals surface area contributed by atoms with Crippen LogP contribution in [0.2, 0.25) is 5.02 Å². The Morgan fingerprint density at radius 2 is 1.58 bits per heavy atom. The molecular weight excluding hydrogens is 440 g/mol. The van der Waals surface area contributed by atoms with Gasteiger partial charge in [-0.3, -0.25) is 10.1 Å². The minimum atomic E-state index is -3.55. The molecule has 3 aromatic rings. The van der Waals surface area contributed by atoms with Crippen LogP contribution in [-0.4, -0.2) is 40.9 Å². The van der Waals surface area contributed by atoms with Crippen LogP contribution in [0.4, 0.5) is 6.01 Å². The molecule has 0 unspecified atom stereocenters. The van der Waals surface area contributed by atoms with Crippen molar-refractivity contribution in [3.63, 3.8) is 0 Å². The van der Waals surface area contributed by atoms with E-state index < -0.39 is 15.9 Å². The number of nitrogens with zero attached hydrogens (tertiary/aromatic N) is 3. The average molecular weight is 459 g/mol. The molecular formula is C21H19ClN4O4S. The Kier molecular flexibility index (Phi) is 5.04. The predicted octanol–water partition coefficient (Wildman–Crippen LogP) is 3.96. The maximum Gasteiger partial charge on any atom is 0.322 e. The second kappa shape index (κ2) is 7.74. The molecule has 160 valence electrons. The molecule has 2 aliphatic rings. The van der Waals surface area contributed by atoms with Crippen LogP contribution < -0.4 is 5.32 Å². The van der Waals surface area contributed by atoms with E-state index in [9.17, 15) is 13.2 Å². The molecule has 0 aliphatic heterocycles. The van der Waals surface area contributed by atoms with Gasteiger partial charge < -0.3 is 4.42 Å². The van der Waals surface area contributed by atoms with Gasteiger partial charge in [-0.2, -0.15) is 4.31 Å². The average Bonchev–Trinajstić information content (AvgIpc) is 3.70. The van der Waals surface area contributed by atoms with Gasteiger partial charge in [0.05, 0.1) is 4.90 Å². The first-order valence-corrected chi connectivity index (χ1v) is 11.8. The van der Waals surface area contributed by atoms with Crippen molar-refractivity contribution in [3.05, 3.63) is 59.1 Å². The third-order valence-electron chi connectivity index (χ3n) is 5.24.